The number of aromatic amines is 1. The standard InChI is InChI=1S/C23H29N3O3/c1-15-4-5-16(2)23-22(15)20(27)12-18(25-23)13-24-14-19(21-7-6-17(3)29-21)26-8-10-28-11-9-26/h4-7,12,19,24H,8-11,13-14H2,1-3H3,(H,25,27)/t19-/m0/s1. The third-order valence-corrected chi connectivity index (χ3v) is 5.69. The molecule has 29 heavy (non-hydrogen) atoms. The van der Waals surface area contributed by atoms with E-state index in [0.717, 1.165) is 72.1 Å². The minimum Gasteiger partial charge on any atom is -0.465 e. The molecule has 3 aromatic rings. The number of nitrogens with one attached hydrogen (secondary N) is 2. The summed E-state index contributed by atoms with van der Waals surface area (Å²) in [7, 11) is 0. The molecule has 2 N–H and O–H groups in total. The van der Waals surface area contributed by atoms with Crippen LogP contribution in [0.5, 0.6) is 0 Å². The molecule has 4 rings (SSSR count). The van der Waals surface area contributed by atoms with Gasteiger partial charge >= 0.3 is 0 Å². The highest BCUT2D eigenvalue weighted by molar-refractivity contribution is 5.84. The largest absolute Gasteiger partial charge is 0.465 e. The van der Waals surface area contributed by atoms with Gasteiger partial charge in [0.2, 0.25) is 0 Å². The summed E-state index contributed by atoms with van der Waals surface area (Å²) in [6.45, 7) is 10.6. The van der Waals surface area contributed by atoms with E-state index in [1.807, 2.05) is 32.9 Å². The highest BCUT2D eigenvalue weighted by Crippen LogP contribution is 2.23. The molecule has 0 amide bonds. The van der Waals surface area contributed by atoms with Gasteiger partial charge in [0.25, 0.3) is 0 Å². The van der Waals surface area contributed by atoms with Crippen molar-refractivity contribution in [3.05, 3.63) is 68.9 Å². The number of aromatic nitrogens is 1. The first-order chi connectivity index (χ1) is 14.0. The zero-order valence-corrected chi connectivity index (χ0v) is 17.4. The van der Waals surface area contributed by atoms with Crippen LogP contribution in [0.15, 0.2) is 39.5 Å². The van der Waals surface area contributed by atoms with Gasteiger partial charge in [0.1, 0.15) is 11.5 Å². The van der Waals surface area contributed by atoms with Gasteiger partial charge in [-0.3, -0.25) is 9.69 Å². The summed E-state index contributed by atoms with van der Waals surface area (Å²) >= 11 is 0. The van der Waals surface area contributed by atoms with Crippen molar-refractivity contribution >= 4 is 10.9 Å². The average molecular weight is 396 g/mol. The molecule has 154 valence electrons. The van der Waals surface area contributed by atoms with Gasteiger partial charge in [-0.15, -0.1) is 0 Å². The second-order valence-corrected chi connectivity index (χ2v) is 7.85. The van der Waals surface area contributed by atoms with Crippen molar-refractivity contribution < 1.29 is 9.15 Å². The van der Waals surface area contributed by atoms with E-state index in [1.165, 1.54) is 0 Å². The molecule has 1 atom stereocenters. The molecule has 1 aliphatic heterocycles. The molecule has 0 saturated carbocycles. The van der Waals surface area contributed by atoms with Gasteiger partial charge in [-0.1, -0.05) is 12.1 Å². The summed E-state index contributed by atoms with van der Waals surface area (Å²) in [4.78, 5) is 18.5. The number of rotatable bonds is 6. The van der Waals surface area contributed by atoms with Crippen LogP contribution in [-0.2, 0) is 11.3 Å². The van der Waals surface area contributed by atoms with E-state index in [1.54, 1.807) is 6.07 Å². The summed E-state index contributed by atoms with van der Waals surface area (Å²) in [6.07, 6.45) is 0. The molecule has 1 aromatic carbocycles. The van der Waals surface area contributed by atoms with Gasteiger partial charge < -0.3 is 19.5 Å². The smallest absolute Gasteiger partial charge is 0.189 e. The van der Waals surface area contributed by atoms with Crippen LogP contribution in [0.1, 0.15) is 34.4 Å². The van der Waals surface area contributed by atoms with Gasteiger partial charge in [-0.2, -0.15) is 0 Å². The number of H-pyrrole nitrogens is 1. The maximum Gasteiger partial charge on any atom is 0.189 e. The Morgan fingerprint density at radius 3 is 2.59 bits per heavy atom. The summed E-state index contributed by atoms with van der Waals surface area (Å²) in [6, 6.07) is 9.98. The minimum absolute atomic E-state index is 0.0724. The summed E-state index contributed by atoms with van der Waals surface area (Å²) in [5.74, 6) is 1.89. The topological polar surface area (TPSA) is 70.5 Å². The molecule has 6 nitrogen and oxygen atoms in total. The van der Waals surface area contributed by atoms with Crippen LogP contribution in [0.25, 0.3) is 10.9 Å². The molecular formula is C23H29N3O3. The number of hydrogen-bond donors (Lipinski definition) is 2. The van der Waals surface area contributed by atoms with E-state index in [4.69, 9.17) is 9.15 Å². The predicted octanol–water partition coefficient (Wildman–Crippen LogP) is 3.21. The summed E-state index contributed by atoms with van der Waals surface area (Å²) in [5, 5.41) is 4.30. The molecule has 0 radical (unpaired) electrons. The molecule has 6 heteroatoms. The van der Waals surface area contributed by atoms with Crippen molar-refractivity contribution in [1.29, 1.82) is 0 Å². The monoisotopic (exact) mass is 395 g/mol. The number of morpholine rings is 1. The van der Waals surface area contributed by atoms with Crippen molar-refractivity contribution in [2.75, 3.05) is 32.8 Å². The van der Waals surface area contributed by atoms with Gasteiger partial charge in [0.15, 0.2) is 5.43 Å². The second kappa shape index (κ2) is 8.53. The Kier molecular flexibility index (Phi) is 5.85. The Morgan fingerprint density at radius 1 is 1.10 bits per heavy atom. The number of hydrogen-bond acceptors (Lipinski definition) is 5. The normalized spacial score (nSPS) is 16.4. The van der Waals surface area contributed by atoms with Crippen LogP contribution in [-0.4, -0.2) is 42.7 Å². The number of pyridine rings is 1. The van der Waals surface area contributed by atoms with E-state index >= 15 is 0 Å². The number of aryl methyl sites for hydroxylation is 3. The third-order valence-electron chi connectivity index (χ3n) is 5.69. The van der Waals surface area contributed by atoms with Crippen LogP contribution in [0, 0.1) is 20.8 Å². The molecule has 0 aliphatic carbocycles. The van der Waals surface area contributed by atoms with E-state index < -0.39 is 0 Å². The van der Waals surface area contributed by atoms with Gasteiger partial charge in [0.05, 0.1) is 24.8 Å². The maximum absolute atomic E-state index is 12.7. The lowest BCUT2D eigenvalue weighted by Gasteiger charge is -2.33. The molecule has 3 heterocycles. The number of benzene rings is 1. The highest BCUT2D eigenvalue weighted by atomic mass is 16.5. The molecule has 2 aromatic heterocycles. The predicted molar refractivity (Wildman–Crippen MR) is 114 cm³/mol. The molecule has 0 unspecified atom stereocenters. The number of fused-ring (bicyclic) bond motifs is 1. The van der Waals surface area contributed by atoms with Crippen molar-refractivity contribution in [2.45, 2.75) is 33.4 Å². The molecule has 0 spiro atoms. The zero-order valence-electron chi connectivity index (χ0n) is 17.4. The quantitative estimate of drug-likeness (QED) is 0.671. The van der Waals surface area contributed by atoms with Gasteiger partial charge in [-0.05, 0) is 44.0 Å². The van der Waals surface area contributed by atoms with E-state index in [2.05, 4.69) is 27.3 Å². The lowest BCUT2D eigenvalue weighted by atomic mass is 10.0. The van der Waals surface area contributed by atoms with Crippen molar-refractivity contribution in [2.24, 2.45) is 0 Å². The fourth-order valence-electron chi connectivity index (χ4n) is 4.09. The second-order valence-electron chi connectivity index (χ2n) is 7.85. The van der Waals surface area contributed by atoms with Crippen LogP contribution in [0.2, 0.25) is 0 Å². The van der Waals surface area contributed by atoms with Crippen LogP contribution in [0.3, 0.4) is 0 Å². The van der Waals surface area contributed by atoms with Crippen LogP contribution < -0.4 is 10.7 Å². The number of ether oxygens (including phenoxy) is 1. The Morgan fingerprint density at radius 2 is 1.86 bits per heavy atom. The Balaban J connectivity index is 1.51. The first-order valence-electron chi connectivity index (χ1n) is 10.2. The van der Waals surface area contributed by atoms with Crippen molar-refractivity contribution in [1.82, 2.24) is 15.2 Å². The van der Waals surface area contributed by atoms with Gasteiger partial charge in [0, 0.05) is 43.3 Å². The minimum atomic E-state index is 0.0724. The molecular weight excluding hydrogens is 366 g/mol. The molecule has 0 bridgehead atoms. The Bertz CT molecular complexity index is 1050. The fourth-order valence-corrected chi connectivity index (χ4v) is 4.09. The molecule has 1 fully saturated rings. The zero-order chi connectivity index (χ0) is 20.4. The van der Waals surface area contributed by atoms with Crippen molar-refractivity contribution in [3.63, 3.8) is 0 Å². The van der Waals surface area contributed by atoms with Crippen LogP contribution in [0.4, 0.5) is 0 Å². The average Bonchev–Trinajstić information content (AvgIpc) is 3.14. The summed E-state index contributed by atoms with van der Waals surface area (Å²) < 4.78 is 11.4. The Hall–Kier alpha value is -2.41. The number of nitrogens with zero attached hydrogens (tertiary/aromatic N) is 1. The van der Waals surface area contributed by atoms with E-state index in [9.17, 15) is 4.79 Å². The lowest BCUT2D eigenvalue weighted by Crippen LogP contribution is -2.42. The highest BCUT2D eigenvalue weighted by Gasteiger charge is 2.24. The van der Waals surface area contributed by atoms with E-state index in [-0.39, 0.29) is 11.5 Å². The summed E-state index contributed by atoms with van der Waals surface area (Å²) in [5.41, 5.74) is 3.99. The SMILES string of the molecule is Cc1ccc([C@H](CNCc2cc(=O)c3c(C)ccc(C)c3[nH]2)N2CCOCC2)o1. The maximum atomic E-state index is 12.7. The number of furan rings is 1. The van der Waals surface area contributed by atoms with Crippen molar-refractivity contribution in [3.8, 4) is 0 Å². The van der Waals surface area contributed by atoms with Crippen LogP contribution >= 0.6 is 0 Å². The lowest BCUT2D eigenvalue weighted by molar-refractivity contribution is 0.0115. The first kappa shape index (κ1) is 19.9. The Labute approximate surface area is 170 Å². The fraction of sp³-hybridized carbons (Fsp3) is 0.435. The van der Waals surface area contributed by atoms with E-state index in [0.29, 0.717) is 6.54 Å². The van der Waals surface area contributed by atoms with Gasteiger partial charge in [-0.25, -0.2) is 0 Å². The molecule has 1 aliphatic rings. The first-order valence-corrected chi connectivity index (χ1v) is 10.2. The third kappa shape index (κ3) is 4.29. The molecule has 1 saturated heterocycles.